The van der Waals surface area contributed by atoms with Crippen molar-refractivity contribution in [2.24, 2.45) is 0 Å². The van der Waals surface area contributed by atoms with Gasteiger partial charge in [0.2, 0.25) is 0 Å². The normalized spacial score (nSPS) is 17.5. The van der Waals surface area contributed by atoms with Gasteiger partial charge in [-0.3, -0.25) is 0 Å². The Labute approximate surface area is 179 Å². The fraction of sp³-hybridized carbons (Fsp3) is 0.360. The van der Waals surface area contributed by atoms with Crippen LogP contribution in [0.3, 0.4) is 0 Å². The van der Waals surface area contributed by atoms with Crippen molar-refractivity contribution in [3.05, 3.63) is 94.0 Å². The molecule has 0 atom stereocenters. The summed E-state index contributed by atoms with van der Waals surface area (Å²) in [4.78, 5) is 0. The first kappa shape index (κ1) is 21.2. The number of hydrogen-bond acceptors (Lipinski definition) is 0. The molecule has 3 heteroatoms. The summed E-state index contributed by atoms with van der Waals surface area (Å²) in [6.45, 7) is 4.38. The van der Waals surface area contributed by atoms with Crippen LogP contribution in [0.5, 0.6) is 0 Å². The molecule has 1 saturated heterocycles. The average Bonchev–Trinajstić information content (AvgIpc) is 2.73. The third-order valence-electron chi connectivity index (χ3n) is 5.60. The van der Waals surface area contributed by atoms with Gasteiger partial charge in [-0.15, -0.1) is 0 Å². The molecule has 1 nitrogen and oxygen atoms in total. The summed E-state index contributed by atoms with van der Waals surface area (Å²) in [5.41, 5.74) is 2.53. The molecule has 3 rings (SSSR count). The van der Waals surface area contributed by atoms with Crippen molar-refractivity contribution < 1.29 is 4.48 Å². The molecule has 2 aromatic carbocycles. The second-order valence-corrected chi connectivity index (χ2v) is 8.81. The van der Waals surface area contributed by atoms with Crippen molar-refractivity contribution in [3.63, 3.8) is 0 Å². The van der Waals surface area contributed by atoms with E-state index in [-0.39, 0.29) is 0 Å². The highest BCUT2D eigenvalue weighted by molar-refractivity contribution is 6.30. The predicted octanol–water partition coefficient (Wildman–Crippen LogP) is 6.72. The van der Waals surface area contributed by atoms with Crippen LogP contribution in [0.15, 0.2) is 82.9 Å². The zero-order chi connectivity index (χ0) is 19.7. The van der Waals surface area contributed by atoms with E-state index in [4.69, 9.17) is 23.2 Å². The number of nitrogens with zero attached hydrogens (tertiary/aromatic N) is 1. The van der Waals surface area contributed by atoms with Gasteiger partial charge in [0, 0.05) is 22.9 Å². The molecule has 1 fully saturated rings. The Bertz CT molecular complexity index is 713. The number of rotatable bonds is 8. The van der Waals surface area contributed by atoms with Crippen molar-refractivity contribution in [1.29, 1.82) is 0 Å². The first-order chi connectivity index (χ1) is 13.7. The molecule has 2 aromatic rings. The van der Waals surface area contributed by atoms with Gasteiger partial charge in [0.1, 0.15) is 0 Å². The lowest BCUT2D eigenvalue weighted by molar-refractivity contribution is -0.921. The van der Waals surface area contributed by atoms with Gasteiger partial charge >= 0.3 is 0 Å². The van der Waals surface area contributed by atoms with Crippen molar-refractivity contribution in [2.75, 3.05) is 26.2 Å². The van der Waals surface area contributed by atoms with Crippen LogP contribution in [0.2, 0.25) is 0 Å². The molecule has 0 unspecified atom stereocenters. The first-order valence-corrected chi connectivity index (χ1v) is 11.0. The Balaban J connectivity index is 1.63. The van der Waals surface area contributed by atoms with Crippen LogP contribution in [0.4, 0.5) is 0 Å². The summed E-state index contributed by atoms with van der Waals surface area (Å²) in [5.74, 6) is 0. The van der Waals surface area contributed by atoms with Gasteiger partial charge in [-0.1, -0.05) is 83.9 Å². The highest BCUT2D eigenvalue weighted by Gasteiger charge is 2.28. The van der Waals surface area contributed by atoms with Gasteiger partial charge in [-0.2, -0.15) is 0 Å². The maximum Gasteiger partial charge on any atom is 0.0990 e. The summed E-state index contributed by atoms with van der Waals surface area (Å²) in [7, 11) is 0. The minimum absolute atomic E-state index is 0.812. The lowest BCUT2D eigenvalue weighted by Crippen LogP contribution is -2.51. The van der Waals surface area contributed by atoms with E-state index in [2.05, 4.69) is 60.7 Å². The number of quaternary nitrogens is 1. The Morgan fingerprint density at radius 3 is 1.54 bits per heavy atom. The molecule has 0 aromatic heterocycles. The monoisotopic (exact) mass is 414 g/mol. The fourth-order valence-electron chi connectivity index (χ4n) is 3.93. The molecule has 1 aliphatic rings. The largest absolute Gasteiger partial charge is 0.317 e. The molecule has 0 aliphatic carbocycles. The van der Waals surface area contributed by atoms with Crippen LogP contribution < -0.4 is 0 Å². The summed E-state index contributed by atoms with van der Waals surface area (Å²) < 4.78 is 1.07. The van der Waals surface area contributed by atoms with Crippen LogP contribution >= 0.6 is 23.2 Å². The Morgan fingerprint density at radius 1 is 0.679 bits per heavy atom. The molecule has 0 spiro atoms. The number of likely N-dealkylation sites (tertiary alicyclic amines) is 1. The van der Waals surface area contributed by atoms with E-state index in [0.29, 0.717) is 0 Å². The van der Waals surface area contributed by atoms with E-state index in [9.17, 15) is 0 Å². The molecule has 0 saturated carbocycles. The van der Waals surface area contributed by atoms with E-state index < -0.39 is 0 Å². The summed E-state index contributed by atoms with van der Waals surface area (Å²) in [6, 6.07) is 20.9. The highest BCUT2D eigenvalue weighted by Crippen LogP contribution is 2.22. The zero-order valence-corrected chi connectivity index (χ0v) is 18.0. The molecule has 28 heavy (non-hydrogen) atoms. The Morgan fingerprint density at radius 2 is 1.11 bits per heavy atom. The van der Waals surface area contributed by atoms with E-state index in [1.807, 2.05) is 12.1 Å². The minimum Gasteiger partial charge on any atom is -0.317 e. The number of halogens is 2. The van der Waals surface area contributed by atoms with Gasteiger partial charge < -0.3 is 4.48 Å². The number of allylic oxidation sites excluding steroid dienone is 2. The second kappa shape index (κ2) is 10.9. The number of piperidine rings is 1. The Kier molecular flexibility index (Phi) is 8.21. The smallest absolute Gasteiger partial charge is 0.0990 e. The fourth-order valence-corrected chi connectivity index (χ4v) is 4.38. The third-order valence-corrected chi connectivity index (χ3v) is 6.17. The van der Waals surface area contributed by atoms with Crippen LogP contribution in [0.1, 0.15) is 30.4 Å². The van der Waals surface area contributed by atoms with Crippen LogP contribution in [0.25, 0.3) is 0 Å². The molecular formula is C25H30Cl2N+. The summed E-state index contributed by atoms with van der Waals surface area (Å²) in [6.07, 6.45) is 10.0. The van der Waals surface area contributed by atoms with E-state index in [1.54, 1.807) is 0 Å². The topological polar surface area (TPSA) is 0 Å². The number of hydrogen-bond donors (Lipinski definition) is 0. The molecule has 148 valence electrons. The van der Waals surface area contributed by atoms with Gasteiger partial charge in [0.15, 0.2) is 0 Å². The zero-order valence-electron chi connectivity index (χ0n) is 16.5. The summed E-state index contributed by atoms with van der Waals surface area (Å²) >= 11 is 13.2. The lowest BCUT2D eigenvalue weighted by Gasteiger charge is -2.40. The minimum atomic E-state index is 0.812. The van der Waals surface area contributed by atoms with Crippen molar-refractivity contribution >= 4 is 23.2 Å². The van der Waals surface area contributed by atoms with Crippen molar-refractivity contribution in [2.45, 2.75) is 32.1 Å². The van der Waals surface area contributed by atoms with E-state index in [0.717, 1.165) is 40.5 Å². The van der Waals surface area contributed by atoms with Crippen LogP contribution in [-0.4, -0.2) is 30.7 Å². The standard InChI is InChI=1S/C25H30Cl2N/c26-24(20-22-10-4-1-5-11-22)14-18-28(16-8-3-9-17-28)19-15-25(27)21-23-12-6-2-7-13-23/h1-2,4-7,10-15H,3,8-9,16-21H2/q+1. The first-order valence-electron chi connectivity index (χ1n) is 10.3. The maximum atomic E-state index is 6.58. The van der Waals surface area contributed by atoms with Crippen molar-refractivity contribution in [3.8, 4) is 0 Å². The third kappa shape index (κ3) is 6.81. The molecule has 1 aliphatic heterocycles. The van der Waals surface area contributed by atoms with Gasteiger partial charge in [0.25, 0.3) is 0 Å². The molecule has 0 radical (unpaired) electrons. The van der Waals surface area contributed by atoms with Gasteiger partial charge in [0.05, 0.1) is 26.2 Å². The van der Waals surface area contributed by atoms with E-state index in [1.165, 1.54) is 43.5 Å². The molecule has 0 amide bonds. The second-order valence-electron chi connectivity index (χ2n) is 7.84. The quantitative estimate of drug-likeness (QED) is 0.420. The lowest BCUT2D eigenvalue weighted by atomic mass is 10.1. The molecule has 0 bridgehead atoms. The average molecular weight is 415 g/mol. The SMILES string of the molecule is ClC(=CC[N+]1(CC=C(Cl)Cc2ccccc2)CCCCC1)Cc1ccccc1. The molecular weight excluding hydrogens is 385 g/mol. The van der Waals surface area contributed by atoms with Gasteiger partial charge in [-0.05, 0) is 42.5 Å². The predicted molar refractivity (Wildman–Crippen MR) is 122 cm³/mol. The summed E-state index contributed by atoms with van der Waals surface area (Å²) in [5, 5.41) is 1.88. The maximum absolute atomic E-state index is 6.58. The molecule has 0 N–H and O–H groups in total. The molecule has 1 heterocycles. The Hall–Kier alpha value is -1.54. The van der Waals surface area contributed by atoms with Crippen molar-refractivity contribution in [1.82, 2.24) is 0 Å². The van der Waals surface area contributed by atoms with Crippen LogP contribution in [0, 0.1) is 0 Å². The van der Waals surface area contributed by atoms with Crippen LogP contribution in [-0.2, 0) is 12.8 Å². The van der Waals surface area contributed by atoms with E-state index >= 15 is 0 Å². The highest BCUT2D eigenvalue weighted by atomic mass is 35.5. The van der Waals surface area contributed by atoms with Gasteiger partial charge in [-0.25, -0.2) is 0 Å². The number of benzene rings is 2.